The first-order valence-electron chi connectivity index (χ1n) is 11.0. The number of aromatic nitrogens is 1. The first-order valence-corrected chi connectivity index (χ1v) is 11.8. The molecule has 1 aromatic heterocycles. The van der Waals surface area contributed by atoms with Crippen LogP contribution in [0.2, 0.25) is 0 Å². The van der Waals surface area contributed by atoms with Gasteiger partial charge in [-0.15, -0.1) is 0 Å². The minimum absolute atomic E-state index is 0.263. The molecule has 0 spiro atoms. The van der Waals surface area contributed by atoms with Gasteiger partial charge in [0, 0.05) is 43.8 Å². The molecule has 0 bridgehead atoms. The molecule has 164 valence electrons. The summed E-state index contributed by atoms with van der Waals surface area (Å²) in [5.41, 5.74) is 1.23. The fourth-order valence-electron chi connectivity index (χ4n) is 4.15. The third-order valence-corrected chi connectivity index (χ3v) is 6.92. The maximum atomic E-state index is 12.4. The number of hydrogen-bond acceptors (Lipinski definition) is 6. The van der Waals surface area contributed by atoms with Crippen LogP contribution in [0.25, 0.3) is 0 Å². The number of fused-ring (bicyclic) bond motifs is 2. The average molecular weight is 447 g/mol. The number of rotatable bonds is 5. The van der Waals surface area contributed by atoms with E-state index in [0.29, 0.717) is 18.8 Å². The lowest BCUT2D eigenvalue weighted by Gasteiger charge is -2.35. The molecule has 2 aromatic carbocycles. The normalized spacial score (nSPS) is 15.8. The van der Waals surface area contributed by atoms with Crippen molar-refractivity contribution >= 4 is 29.4 Å². The van der Waals surface area contributed by atoms with Crippen LogP contribution in [0.4, 0.5) is 16.3 Å². The number of anilines is 2. The van der Waals surface area contributed by atoms with Crippen LogP contribution in [0.3, 0.4) is 0 Å². The summed E-state index contributed by atoms with van der Waals surface area (Å²) in [5.74, 6) is 1.64. The molecule has 1 amide bonds. The number of pyridine rings is 1. The van der Waals surface area contributed by atoms with Gasteiger partial charge in [-0.2, -0.15) is 0 Å². The quantitative estimate of drug-likeness (QED) is 0.556. The summed E-state index contributed by atoms with van der Waals surface area (Å²) in [5, 5.41) is 0. The standard InChI is InChI=1S/C25H26N4O2S/c30-25(31-20-8-2-1-3-9-20)28-18-16-27(17-19-28)14-7-15-29-21-10-4-5-11-22(21)32-23-12-6-13-26-24(23)29/h1-6,8-13H,7,14-19H2. The van der Waals surface area contributed by atoms with Crippen molar-refractivity contribution in [3.8, 4) is 5.75 Å². The number of piperazine rings is 1. The highest BCUT2D eigenvalue weighted by atomic mass is 32.2. The molecule has 5 rings (SSSR count). The Morgan fingerprint density at radius 1 is 0.875 bits per heavy atom. The fraction of sp³-hybridized carbons (Fsp3) is 0.280. The second-order valence-electron chi connectivity index (χ2n) is 7.91. The molecule has 0 unspecified atom stereocenters. The number of nitrogens with zero attached hydrogens (tertiary/aromatic N) is 4. The summed E-state index contributed by atoms with van der Waals surface area (Å²) in [6.07, 6.45) is 2.64. The highest BCUT2D eigenvalue weighted by Gasteiger charge is 2.25. The Kier molecular flexibility index (Phi) is 6.27. The maximum Gasteiger partial charge on any atom is 0.415 e. The van der Waals surface area contributed by atoms with Gasteiger partial charge in [0.15, 0.2) is 0 Å². The molecule has 0 N–H and O–H groups in total. The predicted molar refractivity (Wildman–Crippen MR) is 127 cm³/mol. The zero-order chi connectivity index (χ0) is 21.8. The molecule has 0 atom stereocenters. The smallest absolute Gasteiger partial charge is 0.410 e. The van der Waals surface area contributed by atoms with E-state index < -0.39 is 0 Å². The molecule has 7 heteroatoms. The fourth-order valence-corrected chi connectivity index (χ4v) is 5.22. The number of carbonyl (C=O) groups excluding carboxylic acids is 1. The SMILES string of the molecule is O=C(Oc1ccccc1)N1CCN(CCCN2c3ccccc3Sc3cccnc32)CC1. The number of benzene rings is 2. The molecule has 6 nitrogen and oxygen atoms in total. The van der Waals surface area contributed by atoms with Crippen molar-refractivity contribution in [1.82, 2.24) is 14.8 Å². The van der Waals surface area contributed by atoms with Gasteiger partial charge in [-0.1, -0.05) is 42.1 Å². The van der Waals surface area contributed by atoms with Crippen molar-refractivity contribution in [2.45, 2.75) is 16.2 Å². The highest BCUT2D eigenvalue weighted by molar-refractivity contribution is 7.99. The van der Waals surface area contributed by atoms with Crippen LogP contribution in [-0.2, 0) is 0 Å². The number of para-hydroxylation sites is 2. The Labute approximate surface area is 192 Å². The number of hydrogen-bond donors (Lipinski definition) is 0. The van der Waals surface area contributed by atoms with Crippen molar-refractivity contribution < 1.29 is 9.53 Å². The van der Waals surface area contributed by atoms with Crippen LogP contribution in [0, 0.1) is 0 Å². The van der Waals surface area contributed by atoms with Crippen molar-refractivity contribution in [2.75, 3.05) is 44.2 Å². The second-order valence-corrected chi connectivity index (χ2v) is 8.99. The van der Waals surface area contributed by atoms with Crippen molar-refractivity contribution in [3.63, 3.8) is 0 Å². The summed E-state index contributed by atoms with van der Waals surface area (Å²) in [6, 6.07) is 21.9. The minimum Gasteiger partial charge on any atom is -0.410 e. The van der Waals surface area contributed by atoms with Gasteiger partial charge in [0.1, 0.15) is 11.6 Å². The summed E-state index contributed by atoms with van der Waals surface area (Å²) in [4.78, 5) is 26.1. The lowest BCUT2D eigenvalue weighted by atomic mass is 10.2. The zero-order valence-electron chi connectivity index (χ0n) is 17.9. The number of ether oxygens (including phenoxy) is 1. The molecular weight excluding hydrogens is 420 g/mol. The summed E-state index contributed by atoms with van der Waals surface area (Å²) < 4.78 is 5.47. The van der Waals surface area contributed by atoms with E-state index in [1.165, 1.54) is 15.5 Å². The monoisotopic (exact) mass is 446 g/mol. The van der Waals surface area contributed by atoms with Gasteiger partial charge >= 0.3 is 6.09 Å². The Hall–Kier alpha value is -3.03. The van der Waals surface area contributed by atoms with Crippen LogP contribution in [0.1, 0.15) is 6.42 Å². The molecular formula is C25H26N4O2S. The summed E-state index contributed by atoms with van der Waals surface area (Å²) >= 11 is 1.79. The van der Waals surface area contributed by atoms with E-state index in [-0.39, 0.29) is 6.09 Å². The molecule has 0 saturated carbocycles. The maximum absolute atomic E-state index is 12.4. The molecule has 0 radical (unpaired) electrons. The first kappa shape index (κ1) is 20.8. The van der Waals surface area contributed by atoms with E-state index in [1.807, 2.05) is 30.5 Å². The zero-order valence-corrected chi connectivity index (χ0v) is 18.7. The number of amides is 1. The Morgan fingerprint density at radius 3 is 2.47 bits per heavy atom. The lowest BCUT2D eigenvalue weighted by Crippen LogP contribution is -2.49. The van der Waals surface area contributed by atoms with Gasteiger partial charge in [-0.05, 0) is 49.4 Å². The molecule has 3 heterocycles. The van der Waals surface area contributed by atoms with E-state index in [0.717, 1.165) is 38.4 Å². The minimum atomic E-state index is -0.263. The molecule has 1 saturated heterocycles. The van der Waals surface area contributed by atoms with Gasteiger partial charge in [0.25, 0.3) is 0 Å². The Bertz CT molecular complexity index is 1020. The van der Waals surface area contributed by atoms with Crippen molar-refractivity contribution in [1.29, 1.82) is 0 Å². The van der Waals surface area contributed by atoms with Gasteiger partial charge in [-0.25, -0.2) is 9.78 Å². The Balaban J connectivity index is 1.14. The molecule has 0 aliphatic carbocycles. The van der Waals surface area contributed by atoms with E-state index in [2.05, 4.69) is 45.1 Å². The van der Waals surface area contributed by atoms with Gasteiger partial charge < -0.3 is 14.5 Å². The Morgan fingerprint density at radius 2 is 1.62 bits per heavy atom. The highest BCUT2D eigenvalue weighted by Crippen LogP contribution is 2.46. The van der Waals surface area contributed by atoms with Gasteiger partial charge in [0.2, 0.25) is 0 Å². The van der Waals surface area contributed by atoms with Crippen LogP contribution in [0.5, 0.6) is 5.75 Å². The topological polar surface area (TPSA) is 48.9 Å². The number of carbonyl (C=O) groups is 1. The van der Waals surface area contributed by atoms with Crippen LogP contribution in [-0.4, -0.2) is 60.1 Å². The largest absolute Gasteiger partial charge is 0.415 e. The molecule has 2 aliphatic rings. The second kappa shape index (κ2) is 9.63. The van der Waals surface area contributed by atoms with Crippen molar-refractivity contribution in [2.24, 2.45) is 0 Å². The third-order valence-electron chi connectivity index (χ3n) is 5.82. The molecule has 3 aromatic rings. The first-order chi connectivity index (χ1) is 15.8. The van der Waals surface area contributed by atoms with Crippen LogP contribution >= 0.6 is 11.8 Å². The van der Waals surface area contributed by atoms with E-state index in [1.54, 1.807) is 28.8 Å². The molecule has 2 aliphatic heterocycles. The van der Waals surface area contributed by atoms with Crippen LogP contribution in [0.15, 0.2) is 82.7 Å². The summed E-state index contributed by atoms with van der Waals surface area (Å²) in [7, 11) is 0. The summed E-state index contributed by atoms with van der Waals surface area (Å²) in [6.45, 7) is 5.03. The molecule has 32 heavy (non-hydrogen) atoms. The van der Waals surface area contributed by atoms with Gasteiger partial charge in [0.05, 0.1) is 10.6 Å². The van der Waals surface area contributed by atoms with Gasteiger partial charge in [-0.3, -0.25) is 4.90 Å². The predicted octanol–water partition coefficient (Wildman–Crippen LogP) is 4.89. The van der Waals surface area contributed by atoms with E-state index in [9.17, 15) is 4.79 Å². The average Bonchev–Trinajstić information content (AvgIpc) is 2.84. The van der Waals surface area contributed by atoms with Crippen molar-refractivity contribution in [3.05, 3.63) is 72.9 Å². The lowest BCUT2D eigenvalue weighted by molar-refractivity contribution is 0.110. The van der Waals surface area contributed by atoms with E-state index >= 15 is 0 Å². The molecule has 1 fully saturated rings. The third kappa shape index (κ3) is 4.59. The van der Waals surface area contributed by atoms with E-state index in [4.69, 9.17) is 4.74 Å². The van der Waals surface area contributed by atoms with Crippen LogP contribution < -0.4 is 9.64 Å².